The summed E-state index contributed by atoms with van der Waals surface area (Å²) in [5, 5.41) is 20.1. The topological polar surface area (TPSA) is 124 Å². The molecule has 9 heteroatoms. The lowest BCUT2D eigenvalue weighted by atomic mass is 10.0. The van der Waals surface area contributed by atoms with E-state index in [1.165, 1.54) is 0 Å². The molecule has 3 rings (SSSR count). The van der Waals surface area contributed by atoms with Crippen LogP contribution >= 0.6 is 0 Å². The van der Waals surface area contributed by atoms with Gasteiger partial charge in [-0.2, -0.15) is 0 Å². The van der Waals surface area contributed by atoms with E-state index in [1.807, 2.05) is 6.07 Å². The summed E-state index contributed by atoms with van der Waals surface area (Å²) in [6.45, 7) is -0.588. The first kappa shape index (κ1) is 17.3. The maximum absolute atomic E-state index is 12.3. The van der Waals surface area contributed by atoms with Gasteiger partial charge in [0.05, 0.1) is 29.6 Å². The molecule has 1 unspecified atom stereocenters. The molecule has 0 spiro atoms. The minimum absolute atomic E-state index is 0.0458. The largest absolute Gasteiger partial charge is 0.477 e. The zero-order valence-electron chi connectivity index (χ0n) is 13.0. The Morgan fingerprint density at radius 1 is 1.28 bits per heavy atom. The van der Waals surface area contributed by atoms with Crippen molar-refractivity contribution in [2.24, 2.45) is 0 Å². The van der Waals surface area contributed by atoms with Crippen molar-refractivity contribution in [2.75, 3.05) is 12.4 Å². The summed E-state index contributed by atoms with van der Waals surface area (Å²) >= 11 is 0. The van der Waals surface area contributed by atoms with Crippen LogP contribution < -0.4 is 5.32 Å². The van der Waals surface area contributed by atoms with E-state index in [9.17, 15) is 28.8 Å². The lowest BCUT2D eigenvalue weighted by Crippen LogP contribution is -2.73. The number of nitrogens with zero attached hydrogens (tertiary/aromatic N) is 1. The summed E-state index contributed by atoms with van der Waals surface area (Å²) in [7, 11) is -1.60. The van der Waals surface area contributed by atoms with Gasteiger partial charge in [0.1, 0.15) is 17.1 Å². The quantitative estimate of drug-likeness (QED) is 0.574. The summed E-state index contributed by atoms with van der Waals surface area (Å²) in [4.78, 5) is 36.7. The van der Waals surface area contributed by atoms with Crippen molar-refractivity contribution in [3.05, 3.63) is 47.2 Å². The summed E-state index contributed by atoms with van der Waals surface area (Å²) in [6.07, 6.45) is 0.0630. The fourth-order valence-corrected chi connectivity index (χ4v) is 4.65. The predicted molar refractivity (Wildman–Crippen MR) is 87.5 cm³/mol. The van der Waals surface area contributed by atoms with Gasteiger partial charge in [-0.3, -0.25) is 18.7 Å². The van der Waals surface area contributed by atoms with E-state index < -0.39 is 46.6 Å². The number of benzene rings is 1. The van der Waals surface area contributed by atoms with E-state index in [2.05, 4.69) is 5.32 Å². The van der Waals surface area contributed by atoms with Crippen molar-refractivity contribution in [3.63, 3.8) is 0 Å². The molecule has 3 N–H and O–H groups in total. The van der Waals surface area contributed by atoms with Crippen LogP contribution in [0.3, 0.4) is 0 Å². The monoisotopic (exact) mass is 364 g/mol. The predicted octanol–water partition coefficient (Wildman–Crippen LogP) is -1.02. The van der Waals surface area contributed by atoms with Crippen LogP contribution in [0.1, 0.15) is 5.56 Å². The zero-order valence-corrected chi connectivity index (χ0v) is 13.9. The number of carboxylic acids is 1. The molecule has 1 saturated heterocycles. The lowest BCUT2D eigenvalue weighted by molar-refractivity contribution is -0.151. The fraction of sp³-hybridized carbons (Fsp3) is 0.312. The zero-order chi connectivity index (χ0) is 18.1. The molecule has 0 saturated carbocycles. The average Bonchev–Trinajstić information content (AvgIpc) is 2.59. The number of amides is 2. The number of hydrogen-bond acceptors (Lipinski definition) is 5. The Balaban J connectivity index is 1.75. The highest BCUT2D eigenvalue weighted by molar-refractivity contribution is 7.86. The second-order valence-electron chi connectivity index (χ2n) is 5.75. The number of aliphatic hydroxyl groups is 1. The molecule has 0 aromatic heterocycles. The Hall–Kier alpha value is -2.52. The first-order chi connectivity index (χ1) is 11.9. The maximum atomic E-state index is 12.3. The maximum Gasteiger partial charge on any atom is 0.352 e. The number of aliphatic carboxylic acids is 1. The summed E-state index contributed by atoms with van der Waals surface area (Å²) in [5.41, 5.74) is 0.470. The van der Waals surface area contributed by atoms with Gasteiger partial charge in [0.15, 0.2) is 0 Å². The van der Waals surface area contributed by atoms with Crippen LogP contribution in [0.2, 0.25) is 0 Å². The van der Waals surface area contributed by atoms with Crippen molar-refractivity contribution in [1.29, 1.82) is 0 Å². The van der Waals surface area contributed by atoms with E-state index >= 15 is 0 Å². The molecule has 132 valence electrons. The highest BCUT2D eigenvalue weighted by atomic mass is 32.2. The molecule has 0 radical (unpaired) electrons. The number of fused-ring (bicyclic) bond motifs is 1. The van der Waals surface area contributed by atoms with Crippen LogP contribution in [0.5, 0.6) is 0 Å². The van der Waals surface area contributed by atoms with Gasteiger partial charge in [0, 0.05) is 0 Å². The average molecular weight is 364 g/mol. The molecule has 1 fully saturated rings. The number of aliphatic hydroxyl groups excluding tert-OH is 1. The van der Waals surface area contributed by atoms with Crippen molar-refractivity contribution >= 4 is 28.6 Å². The Morgan fingerprint density at radius 2 is 1.96 bits per heavy atom. The van der Waals surface area contributed by atoms with Gasteiger partial charge in [0.25, 0.3) is 5.91 Å². The molecule has 2 aliphatic rings. The van der Waals surface area contributed by atoms with E-state index in [4.69, 9.17) is 0 Å². The molecule has 1 aromatic rings. The van der Waals surface area contributed by atoms with Crippen LogP contribution in [0, 0.1) is 0 Å². The number of nitrogens with one attached hydrogen (secondary N) is 1. The Morgan fingerprint density at radius 3 is 2.56 bits per heavy atom. The third-order valence-electron chi connectivity index (χ3n) is 4.12. The van der Waals surface area contributed by atoms with Crippen molar-refractivity contribution in [3.8, 4) is 0 Å². The molecule has 1 aromatic carbocycles. The van der Waals surface area contributed by atoms with Gasteiger partial charge in [-0.25, -0.2) is 4.79 Å². The number of carbonyl (C=O) groups excluding carboxylic acids is 2. The van der Waals surface area contributed by atoms with Gasteiger partial charge < -0.3 is 15.5 Å². The van der Waals surface area contributed by atoms with Gasteiger partial charge in [0.2, 0.25) is 5.91 Å². The summed E-state index contributed by atoms with van der Waals surface area (Å²) in [5.74, 6) is -2.55. The summed E-state index contributed by atoms with van der Waals surface area (Å²) < 4.78 is 12.3. The normalized spacial score (nSPS) is 25.2. The first-order valence-electron chi connectivity index (χ1n) is 7.53. The molecule has 2 amide bonds. The molecule has 8 nitrogen and oxygen atoms in total. The van der Waals surface area contributed by atoms with E-state index in [0.717, 1.165) is 10.5 Å². The van der Waals surface area contributed by atoms with Crippen LogP contribution in [0.4, 0.5) is 0 Å². The number of hydrogen-bond donors (Lipinski definition) is 3. The second kappa shape index (κ2) is 6.77. The van der Waals surface area contributed by atoms with E-state index in [0.29, 0.717) is 0 Å². The van der Waals surface area contributed by atoms with Crippen LogP contribution in [0.25, 0.3) is 0 Å². The van der Waals surface area contributed by atoms with Gasteiger partial charge in [-0.1, -0.05) is 30.3 Å². The molecule has 3 atom stereocenters. The highest BCUT2D eigenvalue weighted by Gasteiger charge is 2.57. The van der Waals surface area contributed by atoms with Crippen molar-refractivity contribution in [1.82, 2.24) is 10.2 Å². The van der Waals surface area contributed by atoms with Crippen molar-refractivity contribution in [2.45, 2.75) is 17.8 Å². The van der Waals surface area contributed by atoms with Gasteiger partial charge in [-0.15, -0.1) is 0 Å². The highest BCUT2D eigenvalue weighted by Crippen LogP contribution is 2.34. The Kier molecular flexibility index (Phi) is 4.69. The molecular formula is C16H16N2O6S. The standard InChI is InChI=1S/C16H16N2O6S/c19-7-10-8-25(24)15-12(14(21)18(15)13(10)16(22)23)17-11(20)6-9-4-2-1-3-5-9/h1-5,12,15,19H,6-8H2,(H,17,20)(H,22,23)/t12-,15-,25?/m1/s1. The molecule has 2 heterocycles. The molecule has 2 aliphatic heterocycles. The second-order valence-corrected chi connectivity index (χ2v) is 7.28. The fourth-order valence-electron chi connectivity index (χ4n) is 2.98. The first-order valence-corrected chi connectivity index (χ1v) is 8.92. The van der Waals surface area contributed by atoms with Crippen LogP contribution in [-0.2, 0) is 31.6 Å². The van der Waals surface area contributed by atoms with Crippen LogP contribution in [0.15, 0.2) is 41.6 Å². The van der Waals surface area contributed by atoms with E-state index in [1.54, 1.807) is 24.3 Å². The number of carbonyl (C=O) groups is 3. The molecular weight excluding hydrogens is 348 g/mol. The summed E-state index contributed by atoms with van der Waals surface area (Å²) in [6, 6.07) is 7.91. The third-order valence-corrected chi connectivity index (χ3v) is 5.78. The van der Waals surface area contributed by atoms with E-state index in [-0.39, 0.29) is 23.4 Å². The Labute approximate surface area is 145 Å². The molecule has 25 heavy (non-hydrogen) atoms. The minimum atomic E-state index is -1.60. The van der Waals surface area contributed by atoms with Crippen LogP contribution in [-0.4, -0.2) is 60.9 Å². The molecule has 0 aliphatic carbocycles. The lowest BCUT2D eigenvalue weighted by Gasteiger charge is -2.48. The number of rotatable bonds is 5. The molecule has 0 bridgehead atoms. The van der Waals surface area contributed by atoms with Gasteiger partial charge >= 0.3 is 5.97 Å². The van der Waals surface area contributed by atoms with Crippen molar-refractivity contribution < 1.29 is 28.8 Å². The van der Waals surface area contributed by atoms with Gasteiger partial charge in [-0.05, 0) is 11.1 Å². The number of β-lactam (4-membered cyclic amide) rings is 1. The smallest absolute Gasteiger partial charge is 0.352 e. The Bertz CT molecular complexity index is 791. The third kappa shape index (κ3) is 3.08. The number of carboxylic acid groups (broad SMARTS) is 1. The minimum Gasteiger partial charge on any atom is -0.477 e. The SMILES string of the molecule is O=C(Cc1ccccc1)N[C@@H]1C(=O)N2C(C(=O)O)=C(CO)CS(=O)[C@H]12.